The molecule has 1 atom stereocenters. The van der Waals surface area contributed by atoms with Gasteiger partial charge in [-0.2, -0.15) is 0 Å². The minimum atomic E-state index is -0.930. The number of hydrogen-bond acceptors (Lipinski definition) is 3. The van der Waals surface area contributed by atoms with Crippen molar-refractivity contribution in [2.45, 2.75) is 19.4 Å². The van der Waals surface area contributed by atoms with Crippen molar-refractivity contribution in [2.24, 2.45) is 0 Å². The van der Waals surface area contributed by atoms with Crippen LogP contribution in [-0.4, -0.2) is 19.1 Å². The molecule has 1 aliphatic heterocycles. The van der Waals surface area contributed by atoms with Gasteiger partial charge in [0.05, 0.1) is 12.5 Å². The van der Waals surface area contributed by atoms with Gasteiger partial charge in [-0.25, -0.2) is 8.78 Å². The molecule has 1 N–H and O–H groups in total. The van der Waals surface area contributed by atoms with Gasteiger partial charge in [-0.15, -0.1) is 0 Å². The topological polar surface area (TPSA) is 47.6 Å². The van der Waals surface area contributed by atoms with E-state index in [4.69, 9.17) is 9.47 Å². The highest BCUT2D eigenvalue weighted by Crippen LogP contribution is 2.30. The van der Waals surface area contributed by atoms with E-state index < -0.39 is 17.7 Å². The first kappa shape index (κ1) is 16.2. The minimum absolute atomic E-state index is 0.157. The van der Waals surface area contributed by atoms with Gasteiger partial charge in [0.2, 0.25) is 5.91 Å². The van der Waals surface area contributed by atoms with Crippen LogP contribution in [0.25, 0.3) is 0 Å². The summed E-state index contributed by atoms with van der Waals surface area (Å²) in [5, 5.41) is 2.77. The molecule has 4 nitrogen and oxygen atoms in total. The summed E-state index contributed by atoms with van der Waals surface area (Å²) in [6.45, 7) is 2.71. The molecule has 0 spiro atoms. The standard InChI is InChI=1S/C18H17F2NO3/c1-11(13-3-4-14(19)15(20)10-13)21-18(22)9-12-2-5-16-17(8-12)24-7-6-23-16/h2-5,8,10-11H,6-7,9H2,1H3,(H,21,22). The highest BCUT2D eigenvalue weighted by Gasteiger charge is 2.15. The van der Waals surface area contributed by atoms with Crippen LogP contribution in [0.3, 0.4) is 0 Å². The Morgan fingerprint density at radius 2 is 1.83 bits per heavy atom. The number of carbonyl (C=O) groups excluding carboxylic acids is 1. The first-order valence-corrected chi connectivity index (χ1v) is 7.66. The molecule has 1 amide bonds. The smallest absolute Gasteiger partial charge is 0.224 e. The number of nitrogens with one attached hydrogen (secondary N) is 1. The molecule has 0 radical (unpaired) electrons. The maximum absolute atomic E-state index is 13.3. The number of amides is 1. The number of ether oxygens (including phenoxy) is 2. The van der Waals surface area contributed by atoms with E-state index >= 15 is 0 Å². The lowest BCUT2D eigenvalue weighted by atomic mass is 10.1. The van der Waals surface area contributed by atoms with Gasteiger partial charge in [0.15, 0.2) is 23.1 Å². The zero-order chi connectivity index (χ0) is 17.1. The van der Waals surface area contributed by atoms with Crippen LogP contribution < -0.4 is 14.8 Å². The third-order valence-electron chi connectivity index (χ3n) is 3.79. The van der Waals surface area contributed by atoms with E-state index in [1.807, 2.05) is 0 Å². The summed E-state index contributed by atoms with van der Waals surface area (Å²) in [6.07, 6.45) is 0.157. The van der Waals surface area contributed by atoms with Crippen molar-refractivity contribution >= 4 is 5.91 Å². The van der Waals surface area contributed by atoms with E-state index in [0.717, 1.165) is 17.7 Å². The van der Waals surface area contributed by atoms with E-state index in [1.165, 1.54) is 6.07 Å². The molecule has 0 saturated carbocycles. The van der Waals surface area contributed by atoms with Gasteiger partial charge in [0.25, 0.3) is 0 Å². The normalized spacial score (nSPS) is 14.1. The Bertz CT molecular complexity index is 764. The van der Waals surface area contributed by atoms with E-state index in [1.54, 1.807) is 25.1 Å². The van der Waals surface area contributed by atoms with Gasteiger partial charge >= 0.3 is 0 Å². The molecule has 2 aromatic rings. The summed E-state index contributed by atoms with van der Waals surface area (Å²) in [6, 6.07) is 8.51. The summed E-state index contributed by atoms with van der Waals surface area (Å²) in [5.41, 5.74) is 1.29. The second-order valence-corrected chi connectivity index (χ2v) is 5.62. The Morgan fingerprint density at radius 1 is 1.08 bits per heavy atom. The van der Waals surface area contributed by atoms with Gasteiger partial charge < -0.3 is 14.8 Å². The van der Waals surface area contributed by atoms with Crippen LogP contribution in [0.2, 0.25) is 0 Å². The molecular formula is C18H17F2NO3. The number of hydrogen-bond donors (Lipinski definition) is 1. The Hall–Kier alpha value is -2.63. The van der Waals surface area contributed by atoms with E-state index in [2.05, 4.69) is 5.32 Å². The van der Waals surface area contributed by atoms with Gasteiger partial charge in [0.1, 0.15) is 13.2 Å². The highest BCUT2D eigenvalue weighted by atomic mass is 19.2. The second-order valence-electron chi connectivity index (χ2n) is 5.62. The molecule has 0 fully saturated rings. The monoisotopic (exact) mass is 333 g/mol. The second kappa shape index (κ2) is 6.86. The molecule has 0 aliphatic carbocycles. The van der Waals surface area contributed by atoms with Crippen molar-refractivity contribution in [1.29, 1.82) is 0 Å². The zero-order valence-corrected chi connectivity index (χ0v) is 13.1. The number of fused-ring (bicyclic) bond motifs is 1. The number of halogens is 2. The Balaban J connectivity index is 1.63. The lowest BCUT2D eigenvalue weighted by Crippen LogP contribution is -2.28. The van der Waals surface area contributed by atoms with Crippen LogP contribution in [0.4, 0.5) is 8.78 Å². The molecule has 6 heteroatoms. The van der Waals surface area contributed by atoms with Crippen molar-refractivity contribution < 1.29 is 23.0 Å². The summed E-state index contributed by atoms with van der Waals surface area (Å²) < 4.78 is 37.2. The molecule has 3 rings (SSSR count). The average molecular weight is 333 g/mol. The third-order valence-corrected chi connectivity index (χ3v) is 3.79. The van der Waals surface area contributed by atoms with Gasteiger partial charge in [-0.3, -0.25) is 4.79 Å². The fourth-order valence-corrected chi connectivity index (χ4v) is 2.54. The molecule has 0 saturated heterocycles. The Morgan fingerprint density at radius 3 is 2.58 bits per heavy atom. The molecule has 1 unspecified atom stereocenters. The SMILES string of the molecule is CC(NC(=O)Cc1ccc2c(c1)OCCO2)c1ccc(F)c(F)c1. The Labute approximate surface area is 138 Å². The molecule has 2 aromatic carbocycles. The molecule has 126 valence electrons. The maximum atomic E-state index is 13.3. The van der Waals surface area contributed by atoms with Crippen molar-refractivity contribution in [1.82, 2.24) is 5.32 Å². The van der Waals surface area contributed by atoms with Crippen LogP contribution in [0, 0.1) is 11.6 Å². The van der Waals surface area contributed by atoms with Crippen LogP contribution in [0.1, 0.15) is 24.1 Å². The first-order valence-electron chi connectivity index (χ1n) is 7.66. The van der Waals surface area contributed by atoms with Crippen molar-refractivity contribution in [2.75, 3.05) is 13.2 Å². The minimum Gasteiger partial charge on any atom is -0.486 e. The molecule has 0 aromatic heterocycles. The van der Waals surface area contributed by atoms with Crippen molar-refractivity contribution in [3.8, 4) is 11.5 Å². The van der Waals surface area contributed by atoms with Crippen molar-refractivity contribution in [3.05, 3.63) is 59.2 Å². The first-order chi connectivity index (χ1) is 11.5. The summed E-state index contributed by atoms with van der Waals surface area (Å²) in [4.78, 5) is 12.2. The van der Waals surface area contributed by atoms with Gasteiger partial charge in [0, 0.05) is 0 Å². The summed E-state index contributed by atoms with van der Waals surface area (Å²) in [7, 11) is 0. The predicted molar refractivity (Wildman–Crippen MR) is 84.1 cm³/mol. The lowest BCUT2D eigenvalue weighted by molar-refractivity contribution is -0.121. The van der Waals surface area contributed by atoms with Crippen LogP contribution in [0.15, 0.2) is 36.4 Å². The molecular weight excluding hydrogens is 316 g/mol. The largest absolute Gasteiger partial charge is 0.486 e. The quantitative estimate of drug-likeness (QED) is 0.935. The predicted octanol–water partition coefficient (Wildman–Crippen LogP) is 3.16. The molecule has 1 aliphatic rings. The molecule has 24 heavy (non-hydrogen) atoms. The summed E-state index contributed by atoms with van der Waals surface area (Å²) >= 11 is 0. The van der Waals surface area contributed by atoms with Gasteiger partial charge in [-0.1, -0.05) is 12.1 Å². The number of carbonyl (C=O) groups is 1. The zero-order valence-electron chi connectivity index (χ0n) is 13.1. The average Bonchev–Trinajstić information content (AvgIpc) is 2.57. The fraction of sp³-hybridized carbons (Fsp3) is 0.278. The van der Waals surface area contributed by atoms with E-state index in [9.17, 15) is 13.6 Å². The summed E-state index contributed by atoms with van der Waals surface area (Å²) in [5.74, 6) is -0.765. The highest BCUT2D eigenvalue weighted by molar-refractivity contribution is 5.79. The van der Waals surface area contributed by atoms with Crippen molar-refractivity contribution in [3.63, 3.8) is 0 Å². The number of rotatable bonds is 4. The lowest BCUT2D eigenvalue weighted by Gasteiger charge is -2.19. The fourth-order valence-electron chi connectivity index (χ4n) is 2.54. The van der Waals surface area contributed by atoms with E-state index in [-0.39, 0.29) is 12.3 Å². The number of benzene rings is 2. The Kier molecular flexibility index (Phi) is 4.64. The third kappa shape index (κ3) is 3.64. The van der Waals surface area contributed by atoms with E-state index in [0.29, 0.717) is 30.3 Å². The maximum Gasteiger partial charge on any atom is 0.224 e. The molecule has 0 bridgehead atoms. The van der Waals surface area contributed by atoms with Crippen LogP contribution in [-0.2, 0) is 11.2 Å². The van der Waals surface area contributed by atoms with Crippen LogP contribution >= 0.6 is 0 Å². The van der Waals surface area contributed by atoms with Gasteiger partial charge in [-0.05, 0) is 42.3 Å². The molecule has 1 heterocycles. The van der Waals surface area contributed by atoms with Crippen LogP contribution in [0.5, 0.6) is 11.5 Å².